The zero-order chi connectivity index (χ0) is 25.7. The molecular formula is C27H33N5O4. The lowest BCUT2D eigenvalue weighted by molar-refractivity contribution is -0.187. The second-order valence-electron chi connectivity index (χ2n) is 9.28. The van der Waals surface area contributed by atoms with Crippen LogP contribution in [-0.4, -0.2) is 46.5 Å². The van der Waals surface area contributed by atoms with E-state index in [1.807, 2.05) is 19.1 Å². The molecule has 2 amide bonds. The number of aliphatic hydroxyl groups excluding tert-OH is 1. The first-order valence-electron chi connectivity index (χ1n) is 12.3. The van der Waals surface area contributed by atoms with Gasteiger partial charge in [0.1, 0.15) is 12.4 Å². The Labute approximate surface area is 210 Å². The van der Waals surface area contributed by atoms with E-state index < -0.39 is 0 Å². The average Bonchev–Trinajstić information content (AvgIpc) is 3.18. The van der Waals surface area contributed by atoms with Crippen LogP contribution in [0.25, 0.3) is 6.08 Å². The van der Waals surface area contributed by atoms with E-state index in [-0.39, 0.29) is 42.8 Å². The van der Waals surface area contributed by atoms with Gasteiger partial charge in [-0.2, -0.15) is 0 Å². The molecule has 9 heteroatoms. The lowest BCUT2D eigenvalue weighted by Crippen LogP contribution is -2.34. The highest BCUT2D eigenvalue weighted by molar-refractivity contribution is 6.05. The second kappa shape index (κ2) is 11.4. The van der Waals surface area contributed by atoms with Crippen molar-refractivity contribution in [2.24, 2.45) is 10.7 Å². The smallest absolute Gasteiger partial charge is 0.273 e. The van der Waals surface area contributed by atoms with Gasteiger partial charge in [0.15, 0.2) is 0 Å². The molecule has 1 aliphatic heterocycles. The Morgan fingerprint density at radius 2 is 1.94 bits per heavy atom. The van der Waals surface area contributed by atoms with Crippen molar-refractivity contribution in [1.82, 2.24) is 10.4 Å². The van der Waals surface area contributed by atoms with Gasteiger partial charge < -0.3 is 21.9 Å². The third-order valence-corrected chi connectivity index (χ3v) is 6.29. The van der Waals surface area contributed by atoms with Gasteiger partial charge in [0.2, 0.25) is 0 Å². The number of nitrogens with one attached hydrogen (secondary N) is 1. The summed E-state index contributed by atoms with van der Waals surface area (Å²) in [5, 5.41) is 14.0. The van der Waals surface area contributed by atoms with E-state index in [1.54, 1.807) is 36.4 Å². The number of carbonyl (C=O) groups is 2. The zero-order valence-corrected chi connectivity index (χ0v) is 20.4. The van der Waals surface area contributed by atoms with Gasteiger partial charge in [-0.1, -0.05) is 25.1 Å². The van der Waals surface area contributed by atoms with E-state index in [2.05, 4.69) is 10.3 Å². The minimum Gasteiger partial charge on any atom is -0.399 e. The van der Waals surface area contributed by atoms with Crippen molar-refractivity contribution in [3.63, 3.8) is 0 Å². The number of aliphatic imine (C=N–C) groups is 1. The van der Waals surface area contributed by atoms with Gasteiger partial charge in [0, 0.05) is 41.4 Å². The van der Waals surface area contributed by atoms with Crippen molar-refractivity contribution in [2.45, 2.75) is 57.8 Å². The van der Waals surface area contributed by atoms with Gasteiger partial charge in [-0.15, -0.1) is 0 Å². The number of carbonyl (C=O) groups excluding carboxylic acids is 2. The zero-order valence-electron chi connectivity index (χ0n) is 20.4. The quantitative estimate of drug-likeness (QED) is 0.330. The number of nitrogens with two attached hydrogens (primary N) is 2. The molecular weight excluding hydrogens is 458 g/mol. The normalized spacial score (nSPS) is 19.1. The van der Waals surface area contributed by atoms with E-state index in [9.17, 15) is 14.7 Å². The number of benzene rings is 2. The van der Waals surface area contributed by atoms with E-state index >= 15 is 0 Å². The minimum atomic E-state index is -0.365. The largest absolute Gasteiger partial charge is 0.399 e. The van der Waals surface area contributed by atoms with E-state index in [4.69, 9.17) is 16.3 Å². The van der Waals surface area contributed by atoms with Gasteiger partial charge >= 0.3 is 0 Å². The molecule has 4 rings (SSSR count). The highest BCUT2D eigenvalue weighted by atomic mass is 16.7. The monoisotopic (exact) mass is 491 g/mol. The lowest BCUT2D eigenvalue weighted by atomic mass is 10.0. The standard InChI is InChI=1S/C27H33N5O4/c1-2-11-32(36-16-17-3-7-21(28)8-4-17)27(35)20-12-18-5-6-19(13-24(18)31-25(29)14-20)26(34)30-22-9-10-23(33)15-22/h3-8,12-13,22-23,33H,2,9-11,14-16,28H2,1H3,(H2,29,31)(H,30,34). The average molecular weight is 492 g/mol. The topological polar surface area (TPSA) is 143 Å². The number of nitrogen functional groups attached to an aromatic ring is 1. The van der Waals surface area contributed by atoms with Crippen LogP contribution in [0.4, 0.5) is 11.4 Å². The van der Waals surface area contributed by atoms with Crippen molar-refractivity contribution in [3.8, 4) is 0 Å². The number of amidine groups is 1. The molecule has 6 N–H and O–H groups in total. The summed E-state index contributed by atoms with van der Waals surface area (Å²) >= 11 is 0. The molecule has 0 bridgehead atoms. The highest BCUT2D eigenvalue weighted by Crippen LogP contribution is 2.29. The fraction of sp³-hybridized carbons (Fsp3) is 0.370. The van der Waals surface area contributed by atoms with Crippen molar-refractivity contribution in [2.75, 3.05) is 12.3 Å². The molecule has 2 atom stereocenters. The number of amides is 2. The summed E-state index contributed by atoms with van der Waals surface area (Å²) in [5.41, 5.74) is 15.6. The molecule has 0 aromatic heterocycles. The molecule has 0 spiro atoms. The van der Waals surface area contributed by atoms with Gasteiger partial charge in [0.05, 0.1) is 11.8 Å². The SMILES string of the molecule is CCCN(OCc1ccc(N)cc1)C(=O)C1=Cc2ccc(C(=O)NC3CCC(O)C3)cc2N=C(N)C1. The molecule has 2 aromatic rings. The van der Waals surface area contributed by atoms with Crippen LogP contribution in [0.3, 0.4) is 0 Å². The third-order valence-electron chi connectivity index (χ3n) is 6.29. The first kappa shape index (κ1) is 25.4. The summed E-state index contributed by atoms with van der Waals surface area (Å²) in [4.78, 5) is 36.4. The summed E-state index contributed by atoms with van der Waals surface area (Å²) in [5.74, 6) is -0.222. The molecule has 1 heterocycles. The van der Waals surface area contributed by atoms with Gasteiger partial charge in [-0.3, -0.25) is 14.4 Å². The van der Waals surface area contributed by atoms with Crippen LogP contribution in [0.15, 0.2) is 53.0 Å². The Morgan fingerprint density at radius 3 is 2.64 bits per heavy atom. The maximum atomic E-state index is 13.4. The van der Waals surface area contributed by atoms with Crippen LogP contribution in [0, 0.1) is 0 Å². The molecule has 2 aliphatic rings. The number of nitrogens with zero attached hydrogens (tertiary/aromatic N) is 2. The number of aliphatic hydroxyl groups is 1. The number of rotatable bonds is 8. The van der Waals surface area contributed by atoms with Crippen molar-refractivity contribution in [1.29, 1.82) is 0 Å². The Kier molecular flexibility index (Phi) is 8.02. The predicted molar refractivity (Wildman–Crippen MR) is 139 cm³/mol. The molecule has 2 aromatic carbocycles. The molecule has 190 valence electrons. The molecule has 36 heavy (non-hydrogen) atoms. The van der Waals surface area contributed by atoms with Crippen LogP contribution < -0.4 is 16.8 Å². The van der Waals surface area contributed by atoms with E-state index in [0.29, 0.717) is 47.5 Å². The predicted octanol–water partition coefficient (Wildman–Crippen LogP) is 3.06. The molecule has 1 fully saturated rings. The lowest BCUT2D eigenvalue weighted by Gasteiger charge is -2.22. The highest BCUT2D eigenvalue weighted by Gasteiger charge is 2.26. The summed E-state index contributed by atoms with van der Waals surface area (Å²) in [6.45, 7) is 2.62. The van der Waals surface area contributed by atoms with Crippen LogP contribution in [0.1, 0.15) is 60.5 Å². The van der Waals surface area contributed by atoms with Gasteiger partial charge in [-0.05, 0) is 61.6 Å². The molecule has 1 aliphatic carbocycles. The second-order valence-corrected chi connectivity index (χ2v) is 9.28. The summed E-state index contributed by atoms with van der Waals surface area (Å²) < 4.78 is 0. The number of anilines is 1. The Balaban J connectivity index is 1.50. The number of fused-ring (bicyclic) bond motifs is 1. The third kappa shape index (κ3) is 6.30. The van der Waals surface area contributed by atoms with Crippen LogP contribution in [0.2, 0.25) is 0 Å². The fourth-order valence-corrected chi connectivity index (χ4v) is 4.38. The maximum Gasteiger partial charge on any atom is 0.273 e. The maximum absolute atomic E-state index is 13.4. The Morgan fingerprint density at radius 1 is 1.17 bits per heavy atom. The van der Waals surface area contributed by atoms with Gasteiger partial charge in [0.25, 0.3) is 11.8 Å². The number of hydrogen-bond donors (Lipinski definition) is 4. The molecule has 1 saturated carbocycles. The summed E-state index contributed by atoms with van der Waals surface area (Å²) in [6.07, 6.45) is 4.28. The summed E-state index contributed by atoms with van der Waals surface area (Å²) in [6, 6.07) is 12.4. The first-order valence-corrected chi connectivity index (χ1v) is 12.3. The fourth-order valence-electron chi connectivity index (χ4n) is 4.38. The molecule has 9 nitrogen and oxygen atoms in total. The Hall–Kier alpha value is -3.69. The Bertz CT molecular complexity index is 1180. The van der Waals surface area contributed by atoms with Crippen molar-refractivity contribution >= 4 is 35.1 Å². The molecule has 2 unspecified atom stereocenters. The number of hydroxylamine groups is 2. The minimum absolute atomic E-state index is 0.0400. The number of hydrogen-bond acceptors (Lipinski definition) is 7. The van der Waals surface area contributed by atoms with E-state index in [0.717, 1.165) is 18.4 Å². The van der Waals surface area contributed by atoms with Crippen molar-refractivity contribution < 1.29 is 19.5 Å². The molecule has 0 saturated heterocycles. The first-order chi connectivity index (χ1) is 17.3. The van der Waals surface area contributed by atoms with Crippen LogP contribution in [0.5, 0.6) is 0 Å². The summed E-state index contributed by atoms with van der Waals surface area (Å²) in [7, 11) is 0. The van der Waals surface area contributed by atoms with E-state index in [1.165, 1.54) is 5.06 Å². The van der Waals surface area contributed by atoms with Gasteiger partial charge in [-0.25, -0.2) is 10.1 Å². The van der Waals surface area contributed by atoms with Crippen molar-refractivity contribution in [3.05, 3.63) is 64.7 Å². The van der Waals surface area contributed by atoms with Crippen LogP contribution in [-0.2, 0) is 16.2 Å². The van der Waals surface area contributed by atoms with Crippen LogP contribution >= 0.6 is 0 Å². The molecule has 0 radical (unpaired) electrons.